The first-order chi connectivity index (χ1) is 15.6. The van der Waals surface area contributed by atoms with Crippen molar-refractivity contribution in [1.82, 2.24) is 9.97 Å². The van der Waals surface area contributed by atoms with E-state index < -0.39 is 0 Å². The third-order valence-electron chi connectivity index (χ3n) is 5.68. The van der Waals surface area contributed by atoms with E-state index in [0.717, 1.165) is 30.8 Å². The molecule has 1 unspecified atom stereocenters. The molecular weight excluding hydrogens is 400 g/mol. The number of unbranched alkanes of at least 4 members (excludes halogenated alkanes) is 7. The lowest BCUT2D eigenvalue weighted by atomic mass is 10.0. The lowest BCUT2D eigenvalue weighted by Gasteiger charge is -2.09. The average Bonchev–Trinajstić information content (AvgIpc) is 2.82. The second kappa shape index (κ2) is 15.4. The maximum atomic E-state index is 11.9. The monoisotopic (exact) mass is 440 g/mol. The summed E-state index contributed by atoms with van der Waals surface area (Å²) in [6.45, 7) is 7.23. The second-order valence-corrected chi connectivity index (χ2v) is 8.63. The van der Waals surface area contributed by atoms with Gasteiger partial charge in [-0.05, 0) is 36.6 Å². The fourth-order valence-corrected chi connectivity index (χ4v) is 3.42. The van der Waals surface area contributed by atoms with Gasteiger partial charge in [-0.15, -0.1) is 0 Å². The van der Waals surface area contributed by atoms with Crippen molar-refractivity contribution in [2.24, 2.45) is 5.92 Å². The number of ketones is 1. The molecule has 0 N–H and O–H groups in total. The third kappa shape index (κ3) is 10.3. The van der Waals surface area contributed by atoms with Crippen molar-refractivity contribution >= 4 is 5.78 Å². The first kappa shape index (κ1) is 25.8. The maximum absolute atomic E-state index is 11.9. The minimum Gasteiger partial charge on any atom is -0.494 e. The molecule has 1 heterocycles. The molecule has 5 nitrogen and oxygen atoms in total. The number of carbonyl (C=O) groups excluding carboxylic acids is 1. The lowest BCUT2D eigenvalue weighted by Crippen LogP contribution is -2.14. The Morgan fingerprint density at radius 1 is 0.844 bits per heavy atom. The molecule has 0 amide bonds. The van der Waals surface area contributed by atoms with Crippen LogP contribution in [-0.2, 0) is 4.79 Å². The molecule has 0 saturated carbocycles. The van der Waals surface area contributed by atoms with Crippen molar-refractivity contribution in [2.75, 3.05) is 13.2 Å². The van der Waals surface area contributed by atoms with Gasteiger partial charge in [0, 0.05) is 12.0 Å². The van der Waals surface area contributed by atoms with Crippen molar-refractivity contribution in [2.45, 2.75) is 85.0 Å². The van der Waals surface area contributed by atoms with E-state index in [2.05, 4.69) is 30.7 Å². The molecule has 176 valence electrons. The van der Waals surface area contributed by atoms with Gasteiger partial charge in [-0.25, -0.2) is 9.97 Å². The predicted octanol–water partition coefficient (Wildman–Crippen LogP) is 7.05. The Morgan fingerprint density at radius 3 is 2.09 bits per heavy atom. The molecule has 2 aromatic rings. The summed E-state index contributed by atoms with van der Waals surface area (Å²) in [5.74, 6) is 2.49. The second-order valence-electron chi connectivity index (χ2n) is 8.63. The summed E-state index contributed by atoms with van der Waals surface area (Å²) in [4.78, 5) is 20.6. The Labute approximate surface area is 194 Å². The van der Waals surface area contributed by atoms with Crippen molar-refractivity contribution < 1.29 is 14.3 Å². The number of rotatable bonds is 17. The molecular formula is C27H40N2O3. The van der Waals surface area contributed by atoms with Crippen LogP contribution in [0.3, 0.4) is 0 Å². The van der Waals surface area contributed by atoms with E-state index in [-0.39, 0.29) is 12.4 Å². The molecule has 2 rings (SSSR count). The summed E-state index contributed by atoms with van der Waals surface area (Å²) in [6, 6.07) is 7.85. The van der Waals surface area contributed by atoms with Crippen molar-refractivity contribution in [3.63, 3.8) is 0 Å². The van der Waals surface area contributed by atoms with Gasteiger partial charge in [0.25, 0.3) is 0 Å². The summed E-state index contributed by atoms with van der Waals surface area (Å²) < 4.78 is 11.4. The summed E-state index contributed by atoms with van der Waals surface area (Å²) >= 11 is 0. The number of hydrogen-bond acceptors (Lipinski definition) is 5. The van der Waals surface area contributed by atoms with Crippen LogP contribution >= 0.6 is 0 Å². The molecule has 1 aromatic heterocycles. The summed E-state index contributed by atoms with van der Waals surface area (Å²) in [5, 5.41) is 0. The minimum atomic E-state index is 0.0674. The number of nitrogens with zero attached hydrogens (tertiary/aromatic N) is 2. The third-order valence-corrected chi connectivity index (χ3v) is 5.68. The number of aromatic nitrogens is 2. The van der Waals surface area contributed by atoms with Gasteiger partial charge in [-0.3, -0.25) is 4.79 Å². The van der Waals surface area contributed by atoms with Crippen LogP contribution in [0.5, 0.6) is 11.5 Å². The zero-order valence-corrected chi connectivity index (χ0v) is 20.1. The van der Waals surface area contributed by atoms with Gasteiger partial charge in [0.2, 0.25) is 0 Å². The molecule has 0 radical (unpaired) electrons. The molecule has 0 aliphatic rings. The Bertz CT molecular complexity index is 759. The summed E-state index contributed by atoms with van der Waals surface area (Å²) in [7, 11) is 0. The van der Waals surface area contributed by atoms with E-state index in [1.54, 1.807) is 12.4 Å². The molecule has 0 saturated heterocycles. The van der Waals surface area contributed by atoms with Crippen LogP contribution < -0.4 is 9.47 Å². The normalized spacial score (nSPS) is 11.8. The van der Waals surface area contributed by atoms with E-state index in [4.69, 9.17) is 9.47 Å². The maximum Gasteiger partial charge on any atom is 0.170 e. The molecule has 0 spiro atoms. The average molecular weight is 441 g/mol. The largest absolute Gasteiger partial charge is 0.494 e. The van der Waals surface area contributed by atoms with E-state index >= 15 is 0 Å². The van der Waals surface area contributed by atoms with E-state index in [9.17, 15) is 4.79 Å². The smallest absolute Gasteiger partial charge is 0.170 e. The highest BCUT2D eigenvalue weighted by Gasteiger charge is 2.09. The quantitative estimate of drug-likeness (QED) is 0.247. The molecule has 0 bridgehead atoms. The van der Waals surface area contributed by atoms with Crippen LogP contribution in [0.1, 0.15) is 85.0 Å². The molecule has 5 heteroatoms. The Balaban J connectivity index is 1.68. The summed E-state index contributed by atoms with van der Waals surface area (Å²) in [5.41, 5.74) is 0.920. The van der Waals surface area contributed by atoms with Crippen LogP contribution in [0.4, 0.5) is 0 Å². The van der Waals surface area contributed by atoms with Crippen LogP contribution in [0.2, 0.25) is 0 Å². The SMILES string of the molecule is CCCCCCCCCCOc1ccc(-c2ncc(OCC(=O)CC(C)CC)cn2)cc1. The van der Waals surface area contributed by atoms with Crippen molar-refractivity contribution in [3.05, 3.63) is 36.7 Å². The minimum absolute atomic E-state index is 0.0674. The Hall–Kier alpha value is -2.43. The lowest BCUT2D eigenvalue weighted by molar-refractivity contribution is -0.121. The fourth-order valence-electron chi connectivity index (χ4n) is 3.42. The van der Waals surface area contributed by atoms with Crippen LogP contribution in [0.15, 0.2) is 36.7 Å². The molecule has 0 aliphatic carbocycles. The molecule has 32 heavy (non-hydrogen) atoms. The number of ether oxygens (including phenoxy) is 2. The fraction of sp³-hybridized carbons (Fsp3) is 0.593. The van der Waals surface area contributed by atoms with Gasteiger partial charge in [0.15, 0.2) is 17.4 Å². The molecule has 1 aromatic carbocycles. The first-order valence-corrected chi connectivity index (χ1v) is 12.3. The van der Waals surface area contributed by atoms with E-state index in [1.165, 1.54) is 44.9 Å². The highest BCUT2D eigenvalue weighted by molar-refractivity contribution is 5.80. The molecule has 0 aliphatic heterocycles. The first-order valence-electron chi connectivity index (χ1n) is 12.3. The Kier molecular flexibility index (Phi) is 12.4. The topological polar surface area (TPSA) is 61.3 Å². The van der Waals surface area contributed by atoms with Crippen molar-refractivity contribution in [1.29, 1.82) is 0 Å². The van der Waals surface area contributed by atoms with Crippen LogP contribution in [0, 0.1) is 5.92 Å². The van der Waals surface area contributed by atoms with Crippen molar-refractivity contribution in [3.8, 4) is 22.9 Å². The van der Waals surface area contributed by atoms with E-state index in [1.807, 2.05) is 24.3 Å². The van der Waals surface area contributed by atoms with Gasteiger partial charge in [-0.1, -0.05) is 72.1 Å². The van der Waals surface area contributed by atoms with Gasteiger partial charge in [-0.2, -0.15) is 0 Å². The molecule has 1 atom stereocenters. The zero-order chi connectivity index (χ0) is 23.0. The van der Waals surface area contributed by atoms with E-state index in [0.29, 0.717) is 23.9 Å². The number of hydrogen-bond donors (Lipinski definition) is 0. The molecule has 0 fully saturated rings. The number of benzene rings is 1. The Morgan fingerprint density at radius 2 is 1.47 bits per heavy atom. The zero-order valence-electron chi connectivity index (χ0n) is 20.1. The van der Waals surface area contributed by atoms with Gasteiger partial charge < -0.3 is 9.47 Å². The van der Waals surface area contributed by atoms with Gasteiger partial charge >= 0.3 is 0 Å². The number of carbonyl (C=O) groups is 1. The highest BCUT2D eigenvalue weighted by atomic mass is 16.5. The summed E-state index contributed by atoms with van der Waals surface area (Å²) in [6.07, 6.45) is 15.1. The standard InChI is InChI=1S/C27H40N2O3/c1-4-6-7-8-9-10-11-12-17-31-25-15-13-23(14-16-25)27-28-19-26(20-29-27)32-21-24(30)18-22(3)5-2/h13-16,19-20,22H,4-12,17-18,21H2,1-3H3. The van der Waals surface area contributed by atoms with Gasteiger partial charge in [0.05, 0.1) is 19.0 Å². The van der Waals surface area contributed by atoms with Gasteiger partial charge in [0.1, 0.15) is 12.4 Å². The van der Waals surface area contributed by atoms with Crippen LogP contribution in [-0.4, -0.2) is 29.0 Å². The predicted molar refractivity (Wildman–Crippen MR) is 130 cm³/mol. The number of Topliss-reactive ketones (excluding diaryl/α,β-unsaturated/α-hetero) is 1. The van der Waals surface area contributed by atoms with Crippen LogP contribution in [0.25, 0.3) is 11.4 Å². The highest BCUT2D eigenvalue weighted by Crippen LogP contribution is 2.21.